The number of hydrogen-bond donors (Lipinski definition) is 0. The van der Waals surface area contributed by atoms with Crippen LogP contribution >= 0.6 is 23.5 Å². The highest BCUT2D eigenvalue weighted by Gasteiger charge is 2.33. The fourth-order valence-electron chi connectivity index (χ4n) is 1.34. The minimum Gasteiger partial charge on any atom is -0.302 e. The van der Waals surface area contributed by atoms with Crippen molar-refractivity contribution in [1.29, 1.82) is 0 Å². The van der Waals surface area contributed by atoms with Gasteiger partial charge in [0.1, 0.15) is 6.29 Å². The van der Waals surface area contributed by atoms with Crippen LogP contribution in [0.25, 0.3) is 0 Å². The predicted octanol–water partition coefficient (Wildman–Crippen LogP) is 2.20. The number of aldehydes is 1. The summed E-state index contributed by atoms with van der Waals surface area (Å²) in [6.07, 6.45) is 6.64. The van der Waals surface area contributed by atoms with Gasteiger partial charge in [0.25, 0.3) is 0 Å². The van der Waals surface area contributed by atoms with Gasteiger partial charge in [-0.3, -0.25) is 0 Å². The maximum absolute atomic E-state index is 10.8. The second kappa shape index (κ2) is 4.41. The molecule has 1 aliphatic rings. The molecule has 3 heteroatoms. The Bertz CT molecular complexity index is 130. The smallest absolute Gasteiger partial charge is 0.136 e. The Kier molecular flexibility index (Phi) is 3.79. The Balaban J connectivity index is 2.39. The summed E-state index contributed by atoms with van der Waals surface area (Å²) in [5.74, 6) is 2.29. The van der Waals surface area contributed by atoms with Crippen LogP contribution in [0.1, 0.15) is 19.3 Å². The Morgan fingerprint density at radius 1 is 1.73 bits per heavy atom. The molecule has 0 aliphatic carbocycles. The first kappa shape index (κ1) is 9.46. The van der Waals surface area contributed by atoms with Crippen molar-refractivity contribution in [3.63, 3.8) is 0 Å². The lowest BCUT2D eigenvalue weighted by atomic mass is 10.0. The van der Waals surface area contributed by atoms with Gasteiger partial charge in [0, 0.05) is 0 Å². The van der Waals surface area contributed by atoms with Crippen LogP contribution in [0.5, 0.6) is 0 Å². The summed E-state index contributed by atoms with van der Waals surface area (Å²) in [5, 5.41) is 0. The van der Waals surface area contributed by atoms with E-state index in [0.717, 1.165) is 18.6 Å². The van der Waals surface area contributed by atoms with Gasteiger partial charge in [-0.25, -0.2) is 0 Å². The SMILES string of the molecule is CSCCC1(C=O)CCCS1. The molecule has 0 aromatic rings. The van der Waals surface area contributed by atoms with Crippen LogP contribution in [0.4, 0.5) is 0 Å². The first-order valence-electron chi connectivity index (χ1n) is 3.92. The Morgan fingerprint density at radius 3 is 3.00 bits per heavy atom. The van der Waals surface area contributed by atoms with E-state index < -0.39 is 0 Å². The molecule has 0 spiro atoms. The Hall–Kier alpha value is 0.370. The quantitative estimate of drug-likeness (QED) is 0.633. The van der Waals surface area contributed by atoms with E-state index in [1.54, 1.807) is 0 Å². The number of rotatable bonds is 4. The highest BCUT2D eigenvalue weighted by atomic mass is 32.2. The van der Waals surface area contributed by atoms with Crippen LogP contribution in [0, 0.1) is 0 Å². The number of carbonyl (C=O) groups is 1. The van der Waals surface area contributed by atoms with Gasteiger partial charge in [-0.05, 0) is 37.0 Å². The standard InChI is InChI=1S/C8H14OS2/c1-10-6-4-8(7-9)3-2-5-11-8/h7H,2-6H2,1H3. The summed E-state index contributed by atoms with van der Waals surface area (Å²) in [4.78, 5) is 10.8. The molecule has 1 nitrogen and oxygen atoms in total. The van der Waals surface area contributed by atoms with Gasteiger partial charge < -0.3 is 4.79 Å². The van der Waals surface area contributed by atoms with Gasteiger partial charge in [0.15, 0.2) is 0 Å². The average Bonchev–Trinajstić information content (AvgIpc) is 2.50. The van der Waals surface area contributed by atoms with Crippen molar-refractivity contribution >= 4 is 29.8 Å². The van der Waals surface area contributed by atoms with E-state index in [-0.39, 0.29) is 4.75 Å². The molecule has 1 aliphatic heterocycles. The highest BCUT2D eigenvalue weighted by molar-refractivity contribution is 8.01. The molecule has 64 valence electrons. The zero-order valence-corrected chi connectivity index (χ0v) is 8.47. The normalized spacial score (nSPS) is 30.6. The molecule has 0 N–H and O–H groups in total. The van der Waals surface area contributed by atoms with Crippen LogP contribution in [0.2, 0.25) is 0 Å². The third-order valence-corrected chi connectivity index (χ3v) is 4.26. The topological polar surface area (TPSA) is 17.1 Å². The van der Waals surface area contributed by atoms with E-state index in [1.165, 1.54) is 18.5 Å². The van der Waals surface area contributed by atoms with Crippen molar-refractivity contribution in [1.82, 2.24) is 0 Å². The molecule has 0 amide bonds. The summed E-state index contributed by atoms with van der Waals surface area (Å²) in [6, 6.07) is 0. The summed E-state index contributed by atoms with van der Waals surface area (Å²) < 4.78 is 0.00299. The fraction of sp³-hybridized carbons (Fsp3) is 0.875. The molecule has 0 saturated carbocycles. The fourth-order valence-corrected chi connectivity index (χ4v) is 3.34. The van der Waals surface area contributed by atoms with Gasteiger partial charge in [-0.15, -0.1) is 11.8 Å². The number of thioether (sulfide) groups is 2. The summed E-state index contributed by atoms with van der Waals surface area (Å²) in [7, 11) is 0. The van der Waals surface area contributed by atoms with Gasteiger partial charge in [-0.1, -0.05) is 0 Å². The zero-order chi connectivity index (χ0) is 8.16. The molecular weight excluding hydrogens is 176 g/mol. The lowest BCUT2D eigenvalue weighted by Gasteiger charge is -2.19. The van der Waals surface area contributed by atoms with Crippen LogP contribution in [-0.2, 0) is 4.79 Å². The van der Waals surface area contributed by atoms with Crippen molar-refractivity contribution < 1.29 is 4.79 Å². The zero-order valence-electron chi connectivity index (χ0n) is 6.84. The molecule has 11 heavy (non-hydrogen) atoms. The van der Waals surface area contributed by atoms with E-state index in [1.807, 2.05) is 23.5 Å². The van der Waals surface area contributed by atoms with Gasteiger partial charge in [0.05, 0.1) is 4.75 Å². The van der Waals surface area contributed by atoms with E-state index in [2.05, 4.69) is 6.26 Å². The van der Waals surface area contributed by atoms with Crippen LogP contribution in [-0.4, -0.2) is 28.8 Å². The highest BCUT2D eigenvalue weighted by Crippen LogP contribution is 2.39. The summed E-state index contributed by atoms with van der Waals surface area (Å²) in [5.41, 5.74) is 0. The van der Waals surface area contributed by atoms with Crippen molar-refractivity contribution in [2.24, 2.45) is 0 Å². The first-order valence-corrected chi connectivity index (χ1v) is 6.30. The lowest BCUT2D eigenvalue weighted by molar-refractivity contribution is -0.109. The largest absolute Gasteiger partial charge is 0.302 e. The molecule has 0 aromatic carbocycles. The molecule has 1 rings (SSSR count). The monoisotopic (exact) mass is 190 g/mol. The van der Waals surface area contributed by atoms with E-state index in [9.17, 15) is 4.79 Å². The maximum atomic E-state index is 10.8. The van der Waals surface area contributed by atoms with Crippen molar-refractivity contribution in [3.8, 4) is 0 Å². The molecule has 0 aromatic heterocycles. The van der Waals surface area contributed by atoms with Crippen molar-refractivity contribution in [2.75, 3.05) is 17.8 Å². The van der Waals surface area contributed by atoms with Crippen LogP contribution < -0.4 is 0 Å². The maximum Gasteiger partial charge on any atom is 0.136 e. The molecule has 0 radical (unpaired) electrons. The average molecular weight is 190 g/mol. The Morgan fingerprint density at radius 2 is 2.55 bits per heavy atom. The van der Waals surface area contributed by atoms with Gasteiger partial charge >= 0.3 is 0 Å². The second-order valence-electron chi connectivity index (χ2n) is 2.88. The molecule has 1 saturated heterocycles. The van der Waals surface area contributed by atoms with Crippen molar-refractivity contribution in [3.05, 3.63) is 0 Å². The van der Waals surface area contributed by atoms with E-state index >= 15 is 0 Å². The molecule has 1 unspecified atom stereocenters. The summed E-state index contributed by atoms with van der Waals surface area (Å²) >= 11 is 3.68. The molecule has 1 heterocycles. The predicted molar refractivity (Wildman–Crippen MR) is 53.5 cm³/mol. The van der Waals surface area contributed by atoms with Crippen LogP contribution in [0.15, 0.2) is 0 Å². The van der Waals surface area contributed by atoms with Gasteiger partial charge in [0.2, 0.25) is 0 Å². The molecule has 1 fully saturated rings. The number of carbonyl (C=O) groups excluding carboxylic acids is 1. The van der Waals surface area contributed by atoms with E-state index in [0.29, 0.717) is 0 Å². The molecule has 0 bridgehead atoms. The Labute approximate surface area is 76.7 Å². The lowest BCUT2D eigenvalue weighted by Crippen LogP contribution is -2.23. The van der Waals surface area contributed by atoms with Crippen LogP contribution in [0.3, 0.4) is 0 Å². The minimum atomic E-state index is 0.00299. The minimum absolute atomic E-state index is 0.00299. The summed E-state index contributed by atoms with van der Waals surface area (Å²) in [6.45, 7) is 0. The van der Waals surface area contributed by atoms with E-state index in [4.69, 9.17) is 0 Å². The third-order valence-electron chi connectivity index (χ3n) is 2.08. The second-order valence-corrected chi connectivity index (χ2v) is 5.37. The number of hydrogen-bond acceptors (Lipinski definition) is 3. The van der Waals surface area contributed by atoms with Gasteiger partial charge in [-0.2, -0.15) is 11.8 Å². The molecular formula is C8H14OS2. The third kappa shape index (κ3) is 2.41. The van der Waals surface area contributed by atoms with Crippen molar-refractivity contribution in [2.45, 2.75) is 24.0 Å². The first-order chi connectivity index (χ1) is 5.33. The molecule has 1 atom stereocenters.